The zero-order valence-electron chi connectivity index (χ0n) is 13.8. The summed E-state index contributed by atoms with van der Waals surface area (Å²) in [7, 11) is -3.45. The minimum atomic E-state index is -3.45. The van der Waals surface area contributed by atoms with Crippen LogP contribution in [-0.4, -0.2) is 58.5 Å². The molecule has 0 spiro atoms. The van der Waals surface area contributed by atoms with Gasteiger partial charge in [-0.15, -0.1) is 0 Å². The van der Waals surface area contributed by atoms with Gasteiger partial charge in [-0.3, -0.25) is 0 Å². The van der Waals surface area contributed by atoms with E-state index in [1.807, 2.05) is 19.1 Å². The number of aryl methyl sites for hydroxylation is 1. The van der Waals surface area contributed by atoms with E-state index in [4.69, 9.17) is 0 Å². The van der Waals surface area contributed by atoms with Crippen LogP contribution in [0.15, 0.2) is 47.6 Å². The van der Waals surface area contributed by atoms with Crippen molar-refractivity contribution in [3.63, 3.8) is 0 Å². The van der Waals surface area contributed by atoms with Gasteiger partial charge in [0.15, 0.2) is 0 Å². The Labute approximate surface area is 145 Å². The standard InChI is InChI=1S/C16H18N6O2S/c1-13-11-15(22-16(19-13)17-12-18-22)20-7-9-21(10-8-20)25(23,24)14-5-3-2-4-6-14/h2-6,11-12H,7-10H2,1H3. The summed E-state index contributed by atoms with van der Waals surface area (Å²) in [6, 6.07) is 10.5. The predicted molar refractivity (Wildman–Crippen MR) is 92.9 cm³/mol. The Hall–Kier alpha value is -2.52. The third-order valence-corrected chi connectivity index (χ3v) is 6.22. The maximum atomic E-state index is 12.7. The number of aromatic nitrogens is 4. The number of anilines is 1. The minimum Gasteiger partial charge on any atom is -0.354 e. The van der Waals surface area contributed by atoms with Crippen molar-refractivity contribution in [2.45, 2.75) is 11.8 Å². The van der Waals surface area contributed by atoms with E-state index in [9.17, 15) is 8.42 Å². The van der Waals surface area contributed by atoms with E-state index < -0.39 is 10.0 Å². The summed E-state index contributed by atoms with van der Waals surface area (Å²) >= 11 is 0. The highest BCUT2D eigenvalue weighted by Gasteiger charge is 2.29. The molecule has 8 nitrogen and oxygen atoms in total. The van der Waals surface area contributed by atoms with Crippen LogP contribution in [0.25, 0.3) is 5.78 Å². The first-order valence-corrected chi connectivity index (χ1v) is 9.47. The lowest BCUT2D eigenvalue weighted by atomic mass is 10.3. The highest BCUT2D eigenvalue weighted by molar-refractivity contribution is 7.89. The Kier molecular flexibility index (Phi) is 3.89. The summed E-state index contributed by atoms with van der Waals surface area (Å²) in [5.41, 5.74) is 0.856. The van der Waals surface area contributed by atoms with Gasteiger partial charge in [0.1, 0.15) is 12.1 Å². The monoisotopic (exact) mass is 358 g/mol. The Morgan fingerprint density at radius 1 is 1.04 bits per heavy atom. The molecule has 4 rings (SSSR count). The van der Waals surface area contributed by atoms with Crippen molar-refractivity contribution in [3.05, 3.63) is 48.4 Å². The van der Waals surface area contributed by atoms with E-state index in [0.717, 1.165) is 11.5 Å². The molecule has 0 bridgehead atoms. The molecule has 0 amide bonds. The lowest BCUT2D eigenvalue weighted by Gasteiger charge is -2.35. The normalized spacial score (nSPS) is 16.4. The van der Waals surface area contributed by atoms with Crippen LogP contribution in [0.2, 0.25) is 0 Å². The van der Waals surface area contributed by atoms with Crippen molar-refractivity contribution in [2.24, 2.45) is 0 Å². The first-order chi connectivity index (χ1) is 12.1. The second kappa shape index (κ2) is 6.08. The molecule has 1 aliphatic heterocycles. The molecule has 1 fully saturated rings. The predicted octanol–water partition coefficient (Wildman–Crippen LogP) is 0.944. The third-order valence-electron chi connectivity index (χ3n) is 4.30. The van der Waals surface area contributed by atoms with Gasteiger partial charge in [-0.2, -0.15) is 18.9 Å². The molecule has 0 atom stereocenters. The molecule has 1 aliphatic rings. The van der Waals surface area contributed by atoms with Crippen LogP contribution < -0.4 is 4.90 Å². The number of hydrogen-bond acceptors (Lipinski definition) is 6. The number of sulfonamides is 1. The molecular weight excluding hydrogens is 340 g/mol. The van der Waals surface area contributed by atoms with Crippen LogP contribution in [0.4, 0.5) is 5.82 Å². The summed E-state index contributed by atoms with van der Waals surface area (Å²) in [5.74, 6) is 1.44. The van der Waals surface area contributed by atoms with E-state index in [0.29, 0.717) is 36.9 Å². The second-order valence-electron chi connectivity index (χ2n) is 5.93. The molecule has 0 radical (unpaired) electrons. The fourth-order valence-electron chi connectivity index (χ4n) is 3.04. The van der Waals surface area contributed by atoms with Gasteiger partial charge < -0.3 is 4.90 Å². The quantitative estimate of drug-likeness (QED) is 0.693. The Balaban J connectivity index is 1.56. The number of fused-ring (bicyclic) bond motifs is 1. The number of piperazine rings is 1. The van der Waals surface area contributed by atoms with Crippen LogP contribution in [-0.2, 0) is 10.0 Å². The van der Waals surface area contributed by atoms with Crippen molar-refractivity contribution < 1.29 is 8.42 Å². The van der Waals surface area contributed by atoms with Gasteiger partial charge >= 0.3 is 0 Å². The Bertz CT molecular complexity index is 994. The van der Waals surface area contributed by atoms with Crippen LogP contribution in [0.3, 0.4) is 0 Å². The van der Waals surface area contributed by atoms with E-state index in [1.165, 1.54) is 10.6 Å². The average molecular weight is 358 g/mol. The molecule has 0 saturated carbocycles. The average Bonchev–Trinajstić information content (AvgIpc) is 3.10. The summed E-state index contributed by atoms with van der Waals surface area (Å²) < 4.78 is 28.7. The number of benzene rings is 1. The van der Waals surface area contributed by atoms with Gasteiger partial charge in [-0.05, 0) is 19.1 Å². The third kappa shape index (κ3) is 2.85. The minimum absolute atomic E-state index is 0.335. The van der Waals surface area contributed by atoms with E-state index in [2.05, 4.69) is 20.0 Å². The molecule has 1 saturated heterocycles. The van der Waals surface area contributed by atoms with Gasteiger partial charge in [-0.1, -0.05) is 18.2 Å². The molecule has 3 aromatic rings. The molecule has 0 unspecified atom stereocenters. The van der Waals surface area contributed by atoms with Crippen molar-refractivity contribution in [1.29, 1.82) is 0 Å². The second-order valence-corrected chi connectivity index (χ2v) is 7.87. The number of nitrogens with zero attached hydrogens (tertiary/aromatic N) is 6. The molecule has 1 aromatic carbocycles. The zero-order chi connectivity index (χ0) is 17.4. The maximum Gasteiger partial charge on any atom is 0.254 e. The van der Waals surface area contributed by atoms with Crippen molar-refractivity contribution in [2.75, 3.05) is 31.1 Å². The van der Waals surface area contributed by atoms with Crippen LogP contribution >= 0.6 is 0 Å². The summed E-state index contributed by atoms with van der Waals surface area (Å²) in [4.78, 5) is 10.9. The maximum absolute atomic E-state index is 12.7. The molecular formula is C16H18N6O2S. The Morgan fingerprint density at radius 3 is 2.48 bits per heavy atom. The lowest BCUT2D eigenvalue weighted by molar-refractivity contribution is 0.383. The van der Waals surface area contributed by atoms with E-state index in [-0.39, 0.29) is 0 Å². The lowest BCUT2D eigenvalue weighted by Crippen LogP contribution is -2.49. The van der Waals surface area contributed by atoms with Gasteiger partial charge in [0.25, 0.3) is 5.78 Å². The van der Waals surface area contributed by atoms with E-state index >= 15 is 0 Å². The molecule has 9 heteroatoms. The highest BCUT2D eigenvalue weighted by Crippen LogP contribution is 2.21. The largest absolute Gasteiger partial charge is 0.354 e. The highest BCUT2D eigenvalue weighted by atomic mass is 32.2. The van der Waals surface area contributed by atoms with Gasteiger partial charge in [0.05, 0.1) is 4.90 Å². The summed E-state index contributed by atoms with van der Waals surface area (Å²) in [6.07, 6.45) is 1.47. The first kappa shape index (κ1) is 16.0. The van der Waals surface area contributed by atoms with Gasteiger partial charge in [0, 0.05) is 37.9 Å². The molecule has 130 valence electrons. The van der Waals surface area contributed by atoms with Crippen molar-refractivity contribution >= 4 is 21.6 Å². The molecule has 25 heavy (non-hydrogen) atoms. The topological polar surface area (TPSA) is 83.7 Å². The SMILES string of the molecule is Cc1cc(N2CCN(S(=O)(=O)c3ccccc3)CC2)n2ncnc2n1. The van der Waals surface area contributed by atoms with Gasteiger partial charge in [-0.25, -0.2) is 13.4 Å². The molecule has 3 heterocycles. The smallest absolute Gasteiger partial charge is 0.254 e. The van der Waals surface area contributed by atoms with Gasteiger partial charge in [0.2, 0.25) is 10.0 Å². The summed E-state index contributed by atoms with van der Waals surface area (Å²) in [6.45, 7) is 3.94. The fraction of sp³-hybridized carbons (Fsp3) is 0.312. The van der Waals surface area contributed by atoms with E-state index in [1.54, 1.807) is 28.8 Å². The summed E-state index contributed by atoms with van der Waals surface area (Å²) in [5, 5.41) is 4.22. The van der Waals surface area contributed by atoms with Crippen LogP contribution in [0.1, 0.15) is 5.69 Å². The number of rotatable bonds is 3. The molecule has 0 aliphatic carbocycles. The van der Waals surface area contributed by atoms with Crippen molar-refractivity contribution in [1.82, 2.24) is 23.9 Å². The fourth-order valence-corrected chi connectivity index (χ4v) is 4.48. The van der Waals surface area contributed by atoms with Crippen molar-refractivity contribution in [3.8, 4) is 0 Å². The zero-order valence-corrected chi connectivity index (χ0v) is 14.6. The molecule has 0 N–H and O–H groups in total. The molecule has 2 aromatic heterocycles. The number of hydrogen-bond donors (Lipinski definition) is 0. The first-order valence-electron chi connectivity index (χ1n) is 8.03. The van der Waals surface area contributed by atoms with Crippen LogP contribution in [0, 0.1) is 6.92 Å². The van der Waals surface area contributed by atoms with Crippen LogP contribution in [0.5, 0.6) is 0 Å². The Morgan fingerprint density at radius 2 is 1.76 bits per heavy atom.